The first-order valence-corrected chi connectivity index (χ1v) is 8.10. The summed E-state index contributed by atoms with van der Waals surface area (Å²) >= 11 is 0. The Bertz CT molecular complexity index is 887. The summed E-state index contributed by atoms with van der Waals surface area (Å²) in [6.45, 7) is 3.34. The first-order valence-electron chi connectivity index (χ1n) is 8.10. The van der Waals surface area contributed by atoms with Crippen molar-refractivity contribution in [2.75, 3.05) is 16.8 Å². The van der Waals surface area contributed by atoms with Gasteiger partial charge in [-0.25, -0.2) is 23.1 Å². The molecule has 0 bridgehead atoms. The van der Waals surface area contributed by atoms with E-state index in [0.717, 1.165) is 17.7 Å². The third kappa shape index (κ3) is 3.93. The fraction of sp³-hybridized carbons (Fsp3) is 0.158. The first kappa shape index (κ1) is 17.7. The average molecular weight is 358 g/mol. The van der Waals surface area contributed by atoms with Crippen LogP contribution in [-0.4, -0.2) is 16.5 Å². The van der Waals surface area contributed by atoms with Crippen LogP contribution in [0.1, 0.15) is 12.5 Å². The Morgan fingerprint density at radius 1 is 0.962 bits per heavy atom. The van der Waals surface area contributed by atoms with Crippen LogP contribution in [0.4, 0.5) is 30.5 Å². The molecular formula is C19H17F3N4. The highest BCUT2D eigenvalue weighted by molar-refractivity contribution is 5.60. The van der Waals surface area contributed by atoms with Gasteiger partial charge in [0.25, 0.3) is 0 Å². The van der Waals surface area contributed by atoms with E-state index in [1.807, 2.05) is 42.2 Å². The number of benzene rings is 2. The van der Waals surface area contributed by atoms with Crippen LogP contribution >= 0.6 is 0 Å². The van der Waals surface area contributed by atoms with Crippen molar-refractivity contribution in [1.29, 1.82) is 0 Å². The summed E-state index contributed by atoms with van der Waals surface area (Å²) in [6.07, 6.45) is 1.34. The second kappa shape index (κ2) is 7.86. The zero-order valence-electron chi connectivity index (χ0n) is 14.1. The third-order valence-corrected chi connectivity index (χ3v) is 3.87. The monoisotopic (exact) mass is 358 g/mol. The topological polar surface area (TPSA) is 41.0 Å². The summed E-state index contributed by atoms with van der Waals surface area (Å²) in [7, 11) is 0. The Balaban J connectivity index is 1.82. The second-order valence-electron chi connectivity index (χ2n) is 5.61. The maximum atomic E-state index is 13.8. The minimum absolute atomic E-state index is 0.195. The van der Waals surface area contributed by atoms with E-state index in [1.165, 1.54) is 6.33 Å². The van der Waals surface area contributed by atoms with Gasteiger partial charge in [-0.2, -0.15) is 0 Å². The van der Waals surface area contributed by atoms with Crippen molar-refractivity contribution in [3.8, 4) is 0 Å². The van der Waals surface area contributed by atoms with Crippen molar-refractivity contribution < 1.29 is 13.2 Å². The highest BCUT2D eigenvalue weighted by atomic mass is 19.2. The molecule has 1 heterocycles. The van der Waals surface area contributed by atoms with Gasteiger partial charge in [-0.05, 0) is 24.6 Å². The summed E-state index contributed by atoms with van der Waals surface area (Å²) in [5.41, 5.74) is 0.925. The molecule has 2 aromatic carbocycles. The number of hydrogen-bond acceptors (Lipinski definition) is 4. The van der Waals surface area contributed by atoms with Gasteiger partial charge >= 0.3 is 0 Å². The quantitative estimate of drug-likeness (QED) is 0.651. The molecule has 0 spiro atoms. The Morgan fingerprint density at radius 2 is 1.73 bits per heavy atom. The fourth-order valence-electron chi connectivity index (χ4n) is 2.51. The smallest absolute Gasteiger partial charge is 0.196 e. The summed E-state index contributed by atoms with van der Waals surface area (Å²) in [4.78, 5) is 10.3. The third-order valence-electron chi connectivity index (χ3n) is 3.87. The molecule has 1 aromatic heterocycles. The van der Waals surface area contributed by atoms with Crippen LogP contribution in [0.2, 0.25) is 0 Å². The first-order chi connectivity index (χ1) is 12.6. The number of nitrogens with zero attached hydrogens (tertiary/aromatic N) is 3. The molecule has 1 N–H and O–H groups in total. The summed E-state index contributed by atoms with van der Waals surface area (Å²) < 4.78 is 40.2. The minimum atomic E-state index is -1.52. The van der Waals surface area contributed by atoms with E-state index >= 15 is 0 Å². The number of anilines is 3. The highest BCUT2D eigenvalue weighted by Crippen LogP contribution is 2.24. The van der Waals surface area contributed by atoms with E-state index in [2.05, 4.69) is 15.3 Å². The standard InChI is InChI=1S/C19H17F3N4/c1-2-26(11-13-6-4-3-5-7-13)17-10-16(23-12-24-17)25-15-9-8-14(20)18(21)19(15)22/h3-10,12H,2,11H2,1H3,(H,23,24,25). The average Bonchev–Trinajstić information content (AvgIpc) is 2.67. The molecule has 0 aliphatic carbocycles. The molecule has 0 amide bonds. The van der Waals surface area contributed by atoms with Crippen LogP contribution < -0.4 is 10.2 Å². The van der Waals surface area contributed by atoms with Gasteiger partial charge in [0.2, 0.25) is 0 Å². The van der Waals surface area contributed by atoms with Crippen LogP contribution in [0, 0.1) is 17.5 Å². The van der Waals surface area contributed by atoms with Gasteiger partial charge in [-0.3, -0.25) is 0 Å². The molecule has 0 saturated heterocycles. The van der Waals surface area contributed by atoms with E-state index in [9.17, 15) is 13.2 Å². The van der Waals surface area contributed by atoms with Crippen LogP contribution in [0.5, 0.6) is 0 Å². The van der Waals surface area contributed by atoms with Gasteiger partial charge in [-0.1, -0.05) is 30.3 Å². The van der Waals surface area contributed by atoms with Crippen LogP contribution in [-0.2, 0) is 6.54 Å². The molecule has 4 nitrogen and oxygen atoms in total. The van der Waals surface area contributed by atoms with Crippen molar-refractivity contribution in [2.24, 2.45) is 0 Å². The normalized spacial score (nSPS) is 10.6. The summed E-state index contributed by atoms with van der Waals surface area (Å²) in [5.74, 6) is -3.13. The molecule has 0 atom stereocenters. The molecule has 3 aromatic rings. The lowest BCUT2D eigenvalue weighted by Crippen LogP contribution is -2.23. The van der Waals surface area contributed by atoms with Crippen molar-refractivity contribution in [3.05, 3.63) is 77.9 Å². The molecule has 0 aliphatic rings. The summed E-state index contributed by atoms with van der Waals surface area (Å²) in [6, 6.07) is 13.5. The van der Waals surface area contributed by atoms with E-state index in [1.54, 1.807) is 6.07 Å². The molecule has 0 radical (unpaired) electrons. The Labute approximate surface area is 149 Å². The van der Waals surface area contributed by atoms with Crippen LogP contribution in [0.25, 0.3) is 0 Å². The summed E-state index contributed by atoms with van der Waals surface area (Å²) in [5, 5.41) is 2.66. The number of nitrogens with one attached hydrogen (secondary N) is 1. The Hall–Kier alpha value is -3.09. The van der Waals surface area contributed by atoms with Crippen LogP contribution in [0.15, 0.2) is 54.9 Å². The zero-order chi connectivity index (χ0) is 18.5. The number of halogens is 3. The van der Waals surface area contributed by atoms with Crippen molar-refractivity contribution in [3.63, 3.8) is 0 Å². The van der Waals surface area contributed by atoms with Gasteiger partial charge < -0.3 is 10.2 Å². The molecule has 0 aliphatic heterocycles. The van der Waals surface area contributed by atoms with E-state index < -0.39 is 17.5 Å². The molecule has 0 saturated carbocycles. The van der Waals surface area contributed by atoms with Crippen molar-refractivity contribution >= 4 is 17.3 Å². The van der Waals surface area contributed by atoms with Gasteiger partial charge in [0, 0.05) is 19.2 Å². The largest absolute Gasteiger partial charge is 0.352 e. The predicted molar refractivity (Wildman–Crippen MR) is 94.8 cm³/mol. The van der Waals surface area contributed by atoms with E-state index in [4.69, 9.17) is 0 Å². The number of hydrogen-bond donors (Lipinski definition) is 1. The van der Waals surface area contributed by atoms with Crippen molar-refractivity contribution in [2.45, 2.75) is 13.5 Å². The Kier molecular flexibility index (Phi) is 5.36. The number of aromatic nitrogens is 2. The van der Waals surface area contributed by atoms with Gasteiger partial charge in [0.15, 0.2) is 17.5 Å². The lowest BCUT2D eigenvalue weighted by atomic mass is 10.2. The molecular weight excluding hydrogens is 341 g/mol. The molecule has 7 heteroatoms. The molecule has 0 fully saturated rings. The minimum Gasteiger partial charge on any atom is -0.352 e. The van der Waals surface area contributed by atoms with Gasteiger partial charge in [0.1, 0.15) is 18.0 Å². The Morgan fingerprint density at radius 3 is 2.46 bits per heavy atom. The molecule has 134 valence electrons. The molecule has 3 rings (SSSR count). The fourth-order valence-corrected chi connectivity index (χ4v) is 2.51. The van der Waals surface area contributed by atoms with Crippen LogP contribution in [0.3, 0.4) is 0 Å². The lowest BCUT2D eigenvalue weighted by molar-refractivity contribution is 0.449. The molecule has 26 heavy (non-hydrogen) atoms. The highest BCUT2D eigenvalue weighted by Gasteiger charge is 2.14. The van der Waals surface area contributed by atoms with Crippen molar-refractivity contribution in [1.82, 2.24) is 9.97 Å². The lowest BCUT2D eigenvalue weighted by Gasteiger charge is -2.22. The number of rotatable bonds is 6. The second-order valence-corrected chi connectivity index (χ2v) is 5.61. The maximum absolute atomic E-state index is 13.8. The molecule has 0 unspecified atom stereocenters. The SMILES string of the molecule is CCN(Cc1ccccc1)c1cc(Nc2ccc(F)c(F)c2F)ncn1. The zero-order valence-corrected chi connectivity index (χ0v) is 14.1. The van der Waals surface area contributed by atoms with E-state index in [0.29, 0.717) is 18.9 Å². The van der Waals surface area contributed by atoms with E-state index in [-0.39, 0.29) is 11.5 Å². The predicted octanol–water partition coefficient (Wildman–Crippen LogP) is 4.66. The van der Waals surface area contributed by atoms with Gasteiger partial charge in [0.05, 0.1) is 5.69 Å². The van der Waals surface area contributed by atoms with Gasteiger partial charge in [-0.15, -0.1) is 0 Å². The maximum Gasteiger partial charge on any atom is 0.196 e.